The van der Waals surface area contributed by atoms with Gasteiger partial charge in [0.25, 0.3) is 17.3 Å². The van der Waals surface area contributed by atoms with Crippen molar-refractivity contribution in [3.8, 4) is 0 Å². The van der Waals surface area contributed by atoms with Gasteiger partial charge in [-0.3, -0.25) is 29.8 Å². The number of non-ortho nitro benzene ring substituents is 1. The third kappa shape index (κ3) is 4.72. The van der Waals surface area contributed by atoms with Gasteiger partial charge in [0.1, 0.15) is 0 Å². The molecule has 10 heteroatoms. The van der Waals surface area contributed by atoms with Gasteiger partial charge in [0.2, 0.25) is 5.91 Å². The molecule has 152 valence electrons. The number of nitrogens with one attached hydrogen (secondary N) is 1. The van der Waals surface area contributed by atoms with Crippen molar-refractivity contribution in [2.45, 2.75) is 20.8 Å². The Labute approximate surface area is 166 Å². The molecule has 1 N–H and O–H groups in total. The zero-order valence-electron chi connectivity index (χ0n) is 16.4. The van der Waals surface area contributed by atoms with E-state index in [9.17, 15) is 29.8 Å². The number of likely N-dealkylation sites (N-methyl/N-ethyl adjacent to an activating group) is 1. The summed E-state index contributed by atoms with van der Waals surface area (Å²) in [4.78, 5) is 46.8. The number of nitro groups is 2. The molecule has 0 unspecified atom stereocenters. The van der Waals surface area contributed by atoms with Gasteiger partial charge in [-0.1, -0.05) is 18.2 Å². The number of nitrogens with zero attached hydrogens (tertiary/aromatic N) is 3. The first-order valence-electron chi connectivity index (χ1n) is 8.58. The van der Waals surface area contributed by atoms with E-state index in [1.807, 2.05) is 32.0 Å². The number of aryl methyl sites for hydroxylation is 2. The topological polar surface area (TPSA) is 136 Å². The molecule has 0 spiro atoms. The Morgan fingerprint density at radius 1 is 1.03 bits per heavy atom. The van der Waals surface area contributed by atoms with Crippen LogP contribution in [-0.4, -0.2) is 40.2 Å². The van der Waals surface area contributed by atoms with Crippen molar-refractivity contribution in [2.24, 2.45) is 0 Å². The van der Waals surface area contributed by atoms with Crippen LogP contribution in [0.15, 0.2) is 30.3 Å². The quantitative estimate of drug-likeness (QED) is 0.584. The average Bonchev–Trinajstić information content (AvgIpc) is 2.63. The number of anilines is 1. The monoisotopic (exact) mass is 400 g/mol. The minimum Gasteiger partial charge on any atom is -0.332 e. The highest BCUT2D eigenvalue weighted by Crippen LogP contribution is 2.28. The molecule has 2 amide bonds. The maximum absolute atomic E-state index is 12.7. The van der Waals surface area contributed by atoms with Gasteiger partial charge in [0.05, 0.1) is 28.0 Å². The molecule has 0 aliphatic carbocycles. The summed E-state index contributed by atoms with van der Waals surface area (Å²) in [5.41, 5.74) is 1.05. The molecular formula is C19H20N4O6. The number of amides is 2. The van der Waals surface area contributed by atoms with Crippen molar-refractivity contribution in [1.29, 1.82) is 0 Å². The minimum absolute atomic E-state index is 0.00685. The predicted molar refractivity (Wildman–Crippen MR) is 106 cm³/mol. The van der Waals surface area contributed by atoms with Crippen LogP contribution in [0.5, 0.6) is 0 Å². The first-order chi connectivity index (χ1) is 13.5. The van der Waals surface area contributed by atoms with E-state index in [2.05, 4.69) is 5.32 Å². The molecule has 2 rings (SSSR count). The first kappa shape index (κ1) is 21.5. The number of hydrogen-bond donors (Lipinski definition) is 1. The SMILES string of the molecule is Cc1cccc(C)c1NC(=O)CN(C)C(=O)c1cc([N+](=O)[O-])cc([N+](=O)[O-])c1C. The summed E-state index contributed by atoms with van der Waals surface area (Å²) in [6.07, 6.45) is 0. The van der Waals surface area contributed by atoms with E-state index >= 15 is 0 Å². The normalized spacial score (nSPS) is 10.3. The van der Waals surface area contributed by atoms with Crippen LogP contribution < -0.4 is 5.32 Å². The lowest BCUT2D eigenvalue weighted by molar-refractivity contribution is -0.394. The van der Waals surface area contributed by atoms with Crippen LogP contribution in [0.4, 0.5) is 17.1 Å². The summed E-state index contributed by atoms with van der Waals surface area (Å²) in [5.74, 6) is -1.19. The van der Waals surface area contributed by atoms with Gasteiger partial charge in [-0.2, -0.15) is 0 Å². The van der Waals surface area contributed by atoms with Gasteiger partial charge in [-0.25, -0.2) is 0 Å². The summed E-state index contributed by atoms with van der Waals surface area (Å²) >= 11 is 0. The summed E-state index contributed by atoms with van der Waals surface area (Å²) in [7, 11) is 1.34. The fourth-order valence-electron chi connectivity index (χ4n) is 2.88. The van der Waals surface area contributed by atoms with E-state index in [-0.39, 0.29) is 17.7 Å². The Morgan fingerprint density at radius 3 is 2.14 bits per heavy atom. The van der Waals surface area contributed by atoms with Crippen LogP contribution >= 0.6 is 0 Å². The second-order valence-electron chi connectivity index (χ2n) is 6.63. The van der Waals surface area contributed by atoms with E-state index in [0.717, 1.165) is 28.2 Å². The van der Waals surface area contributed by atoms with E-state index < -0.39 is 33.0 Å². The number of benzene rings is 2. The Kier molecular flexibility index (Phi) is 6.27. The van der Waals surface area contributed by atoms with Gasteiger partial charge in [-0.15, -0.1) is 0 Å². The van der Waals surface area contributed by atoms with E-state index in [4.69, 9.17) is 0 Å². The van der Waals surface area contributed by atoms with Crippen LogP contribution in [-0.2, 0) is 4.79 Å². The molecule has 0 bridgehead atoms. The number of rotatable bonds is 6. The molecule has 0 aliphatic heterocycles. The highest BCUT2D eigenvalue weighted by molar-refractivity contribution is 6.01. The lowest BCUT2D eigenvalue weighted by Crippen LogP contribution is -2.35. The molecule has 29 heavy (non-hydrogen) atoms. The standard InChI is InChI=1S/C19H20N4O6/c1-11-6-5-7-12(2)18(11)20-17(24)10-21(4)19(25)15-8-14(22(26)27)9-16(13(15)3)23(28)29/h5-9H,10H2,1-4H3,(H,20,24). The molecular weight excluding hydrogens is 380 g/mol. The molecule has 2 aromatic rings. The van der Waals surface area contributed by atoms with Gasteiger partial charge in [0, 0.05) is 24.4 Å². The van der Waals surface area contributed by atoms with Gasteiger partial charge in [0.15, 0.2) is 0 Å². The Hall–Kier alpha value is -3.82. The number of nitro benzene ring substituents is 2. The zero-order chi connectivity index (χ0) is 21.9. The number of para-hydroxylation sites is 1. The summed E-state index contributed by atoms with van der Waals surface area (Å²) in [6, 6.07) is 7.31. The highest BCUT2D eigenvalue weighted by Gasteiger charge is 2.27. The third-order valence-electron chi connectivity index (χ3n) is 4.48. The molecule has 10 nitrogen and oxygen atoms in total. The summed E-state index contributed by atoms with van der Waals surface area (Å²) in [6.45, 7) is 4.67. The van der Waals surface area contributed by atoms with Crippen molar-refractivity contribution < 1.29 is 19.4 Å². The molecule has 0 radical (unpaired) electrons. The molecule has 0 fully saturated rings. The Balaban J connectivity index is 2.27. The van der Waals surface area contributed by atoms with Gasteiger partial charge >= 0.3 is 0 Å². The van der Waals surface area contributed by atoms with Crippen LogP contribution in [0, 0.1) is 41.0 Å². The molecule has 0 aliphatic rings. The summed E-state index contributed by atoms with van der Waals surface area (Å²) in [5, 5.41) is 25.0. The van der Waals surface area contributed by atoms with Crippen molar-refractivity contribution in [1.82, 2.24) is 4.90 Å². The Bertz CT molecular complexity index is 998. The van der Waals surface area contributed by atoms with Crippen molar-refractivity contribution in [2.75, 3.05) is 18.9 Å². The number of carbonyl (C=O) groups excluding carboxylic acids is 2. The third-order valence-corrected chi connectivity index (χ3v) is 4.48. The fraction of sp³-hybridized carbons (Fsp3) is 0.263. The Morgan fingerprint density at radius 2 is 1.62 bits per heavy atom. The highest BCUT2D eigenvalue weighted by atomic mass is 16.6. The largest absolute Gasteiger partial charge is 0.332 e. The number of carbonyl (C=O) groups is 2. The predicted octanol–water partition coefficient (Wildman–Crippen LogP) is 3.14. The molecule has 2 aromatic carbocycles. The molecule has 0 saturated carbocycles. The number of hydrogen-bond acceptors (Lipinski definition) is 6. The van der Waals surface area contributed by atoms with Crippen LogP contribution in [0.25, 0.3) is 0 Å². The molecule has 0 atom stereocenters. The minimum atomic E-state index is -0.809. The lowest BCUT2D eigenvalue weighted by Gasteiger charge is -2.19. The maximum Gasteiger partial charge on any atom is 0.279 e. The molecule has 0 saturated heterocycles. The van der Waals surface area contributed by atoms with Crippen molar-refractivity contribution in [3.05, 3.63) is 72.8 Å². The van der Waals surface area contributed by atoms with Crippen molar-refractivity contribution in [3.63, 3.8) is 0 Å². The lowest BCUT2D eigenvalue weighted by atomic mass is 10.0. The second-order valence-corrected chi connectivity index (χ2v) is 6.63. The van der Waals surface area contributed by atoms with Crippen LogP contribution in [0.2, 0.25) is 0 Å². The average molecular weight is 400 g/mol. The zero-order valence-corrected chi connectivity index (χ0v) is 16.4. The molecule has 0 aromatic heterocycles. The summed E-state index contributed by atoms with van der Waals surface area (Å²) < 4.78 is 0. The first-order valence-corrected chi connectivity index (χ1v) is 8.58. The van der Waals surface area contributed by atoms with E-state index in [1.165, 1.54) is 14.0 Å². The maximum atomic E-state index is 12.7. The van der Waals surface area contributed by atoms with Crippen LogP contribution in [0.1, 0.15) is 27.0 Å². The van der Waals surface area contributed by atoms with Gasteiger partial charge in [-0.05, 0) is 31.9 Å². The van der Waals surface area contributed by atoms with E-state index in [1.54, 1.807) is 0 Å². The molecule has 0 heterocycles. The van der Waals surface area contributed by atoms with Gasteiger partial charge < -0.3 is 10.2 Å². The van der Waals surface area contributed by atoms with Crippen molar-refractivity contribution >= 4 is 28.9 Å². The second kappa shape index (κ2) is 8.46. The van der Waals surface area contributed by atoms with E-state index in [0.29, 0.717) is 5.69 Å². The van der Waals surface area contributed by atoms with Crippen LogP contribution in [0.3, 0.4) is 0 Å². The fourth-order valence-corrected chi connectivity index (χ4v) is 2.88. The smallest absolute Gasteiger partial charge is 0.279 e.